The number of anilines is 1. The quantitative estimate of drug-likeness (QED) is 0.867. The molecule has 25 heavy (non-hydrogen) atoms. The van der Waals surface area contributed by atoms with E-state index in [1.807, 2.05) is 17.9 Å². The van der Waals surface area contributed by atoms with Crippen molar-refractivity contribution in [3.63, 3.8) is 0 Å². The van der Waals surface area contributed by atoms with Crippen molar-refractivity contribution in [2.75, 3.05) is 24.5 Å². The van der Waals surface area contributed by atoms with Gasteiger partial charge in [-0.25, -0.2) is 9.97 Å². The van der Waals surface area contributed by atoms with E-state index in [1.165, 1.54) is 6.33 Å². The molecule has 1 aromatic rings. The Kier molecular flexibility index (Phi) is 5.42. The van der Waals surface area contributed by atoms with Crippen LogP contribution in [0.4, 0.5) is 5.82 Å². The summed E-state index contributed by atoms with van der Waals surface area (Å²) in [7, 11) is 0. The number of ether oxygens (including phenoxy) is 1. The molecule has 7 nitrogen and oxygen atoms in total. The first-order chi connectivity index (χ1) is 12.0. The number of hydrogen-bond acceptors (Lipinski definition) is 6. The first kappa shape index (κ1) is 17.9. The topological polar surface area (TPSA) is 84.6 Å². The molecule has 0 radical (unpaired) electrons. The summed E-state index contributed by atoms with van der Waals surface area (Å²) in [6, 6.07) is 1.86. The number of nitrogens with zero attached hydrogens (tertiary/aromatic N) is 4. The molecule has 1 unspecified atom stereocenters. The van der Waals surface area contributed by atoms with E-state index in [0.717, 1.165) is 25.2 Å². The van der Waals surface area contributed by atoms with Crippen molar-refractivity contribution in [3.05, 3.63) is 12.4 Å². The monoisotopic (exact) mass is 347 g/mol. The Hall–Kier alpha value is -1.89. The standard InChI is InChI=1S/C18H29N5O2/c1-12(2)13(3)25-17-8-16(20-11-21-17)22-9-14(19)15(10-22)23-7-5-4-6-18(23)24/h8,11-15H,4-7,9-10,19H2,1-3H3/t13?,14-,15-/m0/s1. The van der Waals surface area contributed by atoms with Gasteiger partial charge in [0.1, 0.15) is 12.1 Å². The zero-order valence-electron chi connectivity index (χ0n) is 15.4. The van der Waals surface area contributed by atoms with Gasteiger partial charge in [0.2, 0.25) is 11.8 Å². The number of piperidine rings is 1. The molecule has 0 bridgehead atoms. The van der Waals surface area contributed by atoms with Crippen LogP contribution < -0.4 is 15.4 Å². The molecule has 1 aromatic heterocycles. The highest BCUT2D eigenvalue weighted by Crippen LogP contribution is 2.26. The molecule has 3 atom stereocenters. The van der Waals surface area contributed by atoms with Gasteiger partial charge in [0.25, 0.3) is 0 Å². The third-order valence-electron chi connectivity index (χ3n) is 5.29. The molecule has 0 spiro atoms. The van der Waals surface area contributed by atoms with Crippen LogP contribution >= 0.6 is 0 Å². The average molecular weight is 347 g/mol. The van der Waals surface area contributed by atoms with Gasteiger partial charge >= 0.3 is 0 Å². The van der Waals surface area contributed by atoms with Crippen LogP contribution in [0.1, 0.15) is 40.0 Å². The summed E-state index contributed by atoms with van der Waals surface area (Å²) in [5, 5.41) is 0. The molecule has 3 heterocycles. The molecule has 0 aliphatic carbocycles. The Balaban J connectivity index is 1.69. The van der Waals surface area contributed by atoms with E-state index in [-0.39, 0.29) is 24.1 Å². The molecule has 2 aliphatic heterocycles. The van der Waals surface area contributed by atoms with Crippen LogP contribution in [0.15, 0.2) is 12.4 Å². The largest absolute Gasteiger partial charge is 0.474 e. The van der Waals surface area contributed by atoms with Crippen molar-refractivity contribution in [1.82, 2.24) is 14.9 Å². The van der Waals surface area contributed by atoms with Crippen LogP contribution in [0.2, 0.25) is 0 Å². The van der Waals surface area contributed by atoms with Crippen LogP contribution in [0.25, 0.3) is 0 Å². The highest BCUT2D eigenvalue weighted by Gasteiger charge is 2.38. The van der Waals surface area contributed by atoms with Crippen molar-refractivity contribution in [1.29, 1.82) is 0 Å². The SMILES string of the molecule is CC(C)C(C)Oc1cc(N2C[C@H](N)[C@@H](N3CCCCC3=O)C2)ncn1. The van der Waals surface area contributed by atoms with E-state index >= 15 is 0 Å². The van der Waals surface area contributed by atoms with Crippen molar-refractivity contribution in [2.24, 2.45) is 11.7 Å². The van der Waals surface area contributed by atoms with Crippen molar-refractivity contribution in [3.8, 4) is 5.88 Å². The molecular formula is C18H29N5O2. The summed E-state index contributed by atoms with van der Waals surface area (Å²) >= 11 is 0. The molecule has 3 rings (SSSR count). The number of carbonyl (C=O) groups is 1. The van der Waals surface area contributed by atoms with Crippen molar-refractivity contribution in [2.45, 2.75) is 58.2 Å². The highest BCUT2D eigenvalue weighted by molar-refractivity contribution is 5.77. The molecule has 2 aliphatic rings. The van der Waals surface area contributed by atoms with E-state index in [2.05, 4.69) is 28.7 Å². The lowest BCUT2D eigenvalue weighted by atomic mass is 10.1. The van der Waals surface area contributed by atoms with Crippen molar-refractivity contribution < 1.29 is 9.53 Å². The van der Waals surface area contributed by atoms with Gasteiger partial charge < -0.3 is 20.3 Å². The van der Waals surface area contributed by atoms with Crippen LogP contribution in [-0.2, 0) is 4.79 Å². The predicted octanol–water partition coefficient (Wildman–Crippen LogP) is 1.43. The van der Waals surface area contributed by atoms with E-state index in [4.69, 9.17) is 10.5 Å². The van der Waals surface area contributed by atoms with Crippen LogP contribution in [0.5, 0.6) is 5.88 Å². The minimum atomic E-state index is -0.0593. The van der Waals surface area contributed by atoms with Gasteiger partial charge in [-0.1, -0.05) is 13.8 Å². The van der Waals surface area contributed by atoms with Crippen molar-refractivity contribution >= 4 is 11.7 Å². The Labute approximate surface area is 149 Å². The van der Waals surface area contributed by atoms with Crippen LogP contribution in [0.3, 0.4) is 0 Å². The van der Waals surface area contributed by atoms with Gasteiger partial charge in [-0.15, -0.1) is 0 Å². The number of likely N-dealkylation sites (tertiary alicyclic amines) is 1. The number of carbonyl (C=O) groups excluding carboxylic acids is 1. The summed E-state index contributed by atoms with van der Waals surface area (Å²) < 4.78 is 5.89. The van der Waals surface area contributed by atoms with Gasteiger partial charge in [0, 0.05) is 38.2 Å². The molecule has 2 fully saturated rings. The third kappa shape index (κ3) is 4.03. The predicted molar refractivity (Wildman–Crippen MR) is 96.5 cm³/mol. The summed E-state index contributed by atoms with van der Waals surface area (Å²) in [6.07, 6.45) is 4.31. The molecule has 0 saturated carbocycles. The van der Waals surface area contributed by atoms with E-state index in [1.54, 1.807) is 0 Å². The number of aromatic nitrogens is 2. The first-order valence-corrected chi connectivity index (χ1v) is 9.24. The molecule has 1 amide bonds. The van der Waals surface area contributed by atoms with Gasteiger partial charge in [0.15, 0.2) is 0 Å². The molecule has 7 heteroatoms. The first-order valence-electron chi connectivity index (χ1n) is 9.24. The second kappa shape index (κ2) is 7.56. The summed E-state index contributed by atoms with van der Waals surface area (Å²) in [5.74, 6) is 2.03. The average Bonchev–Trinajstić information content (AvgIpc) is 2.97. The summed E-state index contributed by atoms with van der Waals surface area (Å²) in [4.78, 5) is 24.9. The lowest BCUT2D eigenvalue weighted by Crippen LogP contribution is -2.51. The summed E-state index contributed by atoms with van der Waals surface area (Å²) in [5.41, 5.74) is 6.35. The lowest BCUT2D eigenvalue weighted by Gasteiger charge is -2.34. The van der Waals surface area contributed by atoms with E-state index in [9.17, 15) is 4.79 Å². The fourth-order valence-corrected chi connectivity index (χ4v) is 3.40. The minimum absolute atomic E-state index is 0.0571. The number of hydrogen-bond donors (Lipinski definition) is 1. The third-order valence-corrected chi connectivity index (χ3v) is 5.29. The fraction of sp³-hybridized carbons (Fsp3) is 0.722. The Bertz CT molecular complexity index is 609. The zero-order chi connectivity index (χ0) is 18.0. The maximum Gasteiger partial charge on any atom is 0.222 e. The second-order valence-corrected chi connectivity index (χ2v) is 7.46. The van der Waals surface area contributed by atoms with Gasteiger partial charge in [0.05, 0.1) is 12.1 Å². The molecule has 0 aromatic carbocycles. The van der Waals surface area contributed by atoms with Crippen LogP contribution in [0, 0.1) is 5.92 Å². The van der Waals surface area contributed by atoms with Gasteiger partial charge in [-0.05, 0) is 25.7 Å². The molecule has 2 saturated heterocycles. The fourth-order valence-electron chi connectivity index (χ4n) is 3.40. The summed E-state index contributed by atoms with van der Waals surface area (Å²) in [6.45, 7) is 8.48. The van der Waals surface area contributed by atoms with Crippen LogP contribution in [-0.4, -0.2) is 58.6 Å². The Morgan fingerprint density at radius 2 is 2.04 bits per heavy atom. The Morgan fingerprint density at radius 1 is 1.24 bits per heavy atom. The second-order valence-electron chi connectivity index (χ2n) is 7.46. The number of nitrogens with two attached hydrogens (primary N) is 1. The van der Waals surface area contributed by atoms with E-state index in [0.29, 0.717) is 31.3 Å². The zero-order valence-corrected chi connectivity index (χ0v) is 15.4. The maximum atomic E-state index is 12.2. The smallest absolute Gasteiger partial charge is 0.222 e. The minimum Gasteiger partial charge on any atom is -0.474 e. The lowest BCUT2D eigenvalue weighted by molar-refractivity contribution is -0.135. The molecule has 138 valence electrons. The molecule has 2 N–H and O–H groups in total. The van der Waals surface area contributed by atoms with Gasteiger partial charge in [-0.3, -0.25) is 4.79 Å². The highest BCUT2D eigenvalue weighted by atomic mass is 16.5. The number of rotatable bonds is 5. The number of amides is 1. The van der Waals surface area contributed by atoms with E-state index < -0.39 is 0 Å². The normalized spacial score (nSPS) is 25.6. The van der Waals surface area contributed by atoms with Gasteiger partial charge in [-0.2, -0.15) is 0 Å². The maximum absolute atomic E-state index is 12.2. The Morgan fingerprint density at radius 3 is 2.76 bits per heavy atom. The molecular weight excluding hydrogens is 318 g/mol.